The minimum Gasteiger partial charge on any atom is -0.462 e. The number of esters is 1. The van der Waals surface area contributed by atoms with E-state index in [1.54, 1.807) is 31.2 Å². The largest absolute Gasteiger partial charge is 0.462 e. The molecule has 160 valence electrons. The molecular formula is C23H30N3O4+. The van der Waals surface area contributed by atoms with E-state index in [1.807, 2.05) is 38.1 Å². The van der Waals surface area contributed by atoms with Gasteiger partial charge in [-0.1, -0.05) is 37.3 Å². The first-order valence-electron chi connectivity index (χ1n) is 10.2. The van der Waals surface area contributed by atoms with Crippen LogP contribution in [0.2, 0.25) is 0 Å². The molecule has 0 saturated carbocycles. The zero-order valence-electron chi connectivity index (χ0n) is 17.8. The van der Waals surface area contributed by atoms with E-state index in [0.29, 0.717) is 17.8 Å². The lowest BCUT2D eigenvalue weighted by Gasteiger charge is -2.19. The second kappa shape index (κ2) is 11.7. The van der Waals surface area contributed by atoms with Crippen LogP contribution in [0.3, 0.4) is 0 Å². The van der Waals surface area contributed by atoms with E-state index < -0.39 is 5.97 Å². The Labute approximate surface area is 177 Å². The van der Waals surface area contributed by atoms with Crippen molar-refractivity contribution in [3.63, 3.8) is 0 Å². The molecule has 0 aliphatic heterocycles. The highest BCUT2D eigenvalue weighted by Gasteiger charge is 2.20. The van der Waals surface area contributed by atoms with Crippen LogP contribution in [0.4, 0.5) is 11.4 Å². The fourth-order valence-electron chi connectivity index (χ4n) is 3.13. The first-order chi connectivity index (χ1) is 14.4. The molecule has 2 rings (SSSR count). The number of amides is 2. The summed E-state index contributed by atoms with van der Waals surface area (Å²) in [6.45, 7) is 6.89. The Kier molecular flexibility index (Phi) is 9.03. The van der Waals surface area contributed by atoms with E-state index in [4.69, 9.17) is 4.74 Å². The van der Waals surface area contributed by atoms with Gasteiger partial charge in [0.15, 0.2) is 13.1 Å². The highest BCUT2D eigenvalue weighted by Crippen LogP contribution is 2.16. The van der Waals surface area contributed by atoms with Crippen molar-refractivity contribution in [2.45, 2.75) is 27.2 Å². The first-order valence-corrected chi connectivity index (χ1v) is 10.2. The third kappa shape index (κ3) is 7.00. The SMILES string of the molecule is CCC[NH+](CC(=O)Nc1ccccc1C)CC(=O)Nc1ccccc1C(=O)OCC. The van der Waals surface area contributed by atoms with Crippen LogP contribution in [0, 0.1) is 6.92 Å². The van der Waals surface area contributed by atoms with Crippen molar-refractivity contribution < 1.29 is 24.0 Å². The molecule has 0 heterocycles. The van der Waals surface area contributed by atoms with Gasteiger partial charge in [-0.05, 0) is 44.0 Å². The van der Waals surface area contributed by atoms with Gasteiger partial charge in [-0.25, -0.2) is 4.79 Å². The lowest BCUT2D eigenvalue weighted by molar-refractivity contribution is -0.883. The molecular weight excluding hydrogens is 382 g/mol. The molecule has 0 fully saturated rings. The topological polar surface area (TPSA) is 88.9 Å². The molecule has 2 aromatic rings. The molecule has 3 N–H and O–H groups in total. The van der Waals surface area contributed by atoms with E-state index in [0.717, 1.165) is 22.6 Å². The maximum absolute atomic E-state index is 12.6. The van der Waals surface area contributed by atoms with Crippen molar-refractivity contribution in [1.82, 2.24) is 0 Å². The van der Waals surface area contributed by atoms with Crippen LogP contribution in [0.1, 0.15) is 36.2 Å². The minimum atomic E-state index is -0.483. The van der Waals surface area contributed by atoms with E-state index in [9.17, 15) is 14.4 Å². The predicted molar refractivity (Wildman–Crippen MR) is 117 cm³/mol. The molecule has 1 unspecified atom stereocenters. The van der Waals surface area contributed by atoms with Crippen LogP contribution in [-0.2, 0) is 14.3 Å². The molecule has 0 aliphatic rings. The van der Waals surface area contributed by atoms with Crippen molar-refractivity contribution in [2.24, 2.45) is 0 Å². The lowest BCUT2D eigenvalue weighted by atomic mass is 10.2. The van der Waals surface area contributed by atoms with Gasteiger partial charge in [0, 0.05) is 5.69 Å². The van der Waals surface area contributed by atoms with Crippen molar-refractivity contribution in [1.29, 1.82) is 0 Å². The lowest BCUT2D eigenvalue weighted by Crippen LogP contribution is -3.14. The Morgan fingerprint density at radius 2 is 1.43 bits per heavy atom. The van der Waals surface area contributed by atoms with E-state index in [1.165, 1.54) is 0 Å². The molecule has 0 aliphatic carbocycles. The fourth-order valence-corrected chi connectivity index (χ4v) is 3.13. The van der Waals surface area contributed by atoms with Crippen LogP contribution in [0.5, 0.6) is 0 Å². The van der Waals surface area contributed by atoms with Gasteiger partial charge in [0.05, 0.1) is 24.4 Å². The fraction of sp³-hybridized carbons (Fsp3) is 0.348. The smallest absolute Gasteiger partial charge is 0.340 e. The summed E-state index contributed by atoms with van der Waals surface area (Å²) in [5, 5.41) is 5.69. The van der Waals surface area contributed by atoms with Crippen LogP contribution < -0.4 is 15.5 Å². The number of aryl methyl sites for hydroxylation is 1. The van der Waals surface area contributed by atoms with E-state index >= 15 is 0 Å². The van der Waals surface area contributed by atoms with Gasteiger partial charge in [0.1, 0.15) is 0 Å². The highest BCUT2D eigenvalue weighted by atomic mass is 16.5. The summed E-state index contributed by atoms with van der Waals surface area (Å²) < 4.78 is 5.04. The summed E-state index contributed by atoms with van der Waals surface area (Å²) in [6.07, 6.45) is 0.833. The summed E-state index contributed by atoms with van der Waals surface area (Å²) in [5.74, 6) is -0.893. The molecule has 0 spiro atoms. The number of carbonyl (C=O) groups is 3. The molecule has 0 aromatic heterocycles. The zero-order chi connectivity index (χ0) is 21.9. The second-order valence-corrected chi connectivity index (χ2v) is 7.03. The van der Waals surface area contributed by atoms with E-state index in [2.05, 4.69) is 10.6 Å². The van der Waals surface area contributed by atoms with Crippen molar-refractivity contribution in [2.75, 3.05) is 36.9 Å². The molecule has 7 nitrogen and oxygen atoms in total. The first kappa shape index (κ1) is 23.1. The number of hydrogen-bond donors (Lipinski definition) is 3. The Bertz CT molecular complexity index is 882. The Hall–Kier alpha value is -3.19. The van der Waals surface area contributed by atoms with Gasteiger partial charge in [-0.3, -0.25) is 9.59 Å². The minimum absolute atomic E-state index is 0.117. The van der Waals surface area contributed by atoms with Crippen molar-refractivity contribution in [3.05, 3.63) is 59.7 Å². The second-order valence-electron chi connectivity index (χ2n) is 7.03. The number of anilines is 2. The summed E-state index contributed by atoms with van der Waals surface area (Å²) in [4.78, 5) is 38.0. The number of quaternary nitrogens is 1. The summed E-state index contributed by atoms with van der Waals surface area (Å²) in [5.41, 5.74) is 2.46. The number of nitrogens with one attached hydrogen (secondary N) is 3. The third-order valence-electron chi connectivity index (χ3n) is 4.54. The van der Waals surface area contributed by atoms with Gasteiger partial charge in [-0.2, -0.15) is 0 Å². The standard InChI is InChI=1S/C23H29N3O4/c1-4-14-26(15-21(27)24-19-12-8-6-10-17(19)3)16-22(28)25-20-13-9-7-11-18(20)23(29)30-5-2/h6-13H,4-5,14-16H2,1-3H3,(H,24,27)(H,25,28)/p+1. The maximum Gasteiger partial charge on any atom is 0.340 e. The molecule has 7 heteroatoms. The number of rotatable bonds is 10. The monoisotopic (exact) mass is 412 g/mol. The molecule has 0 radical (unpaired) electrons. The third-order valence-corrected chi connectivity index (χ3v) is 4.54. The Morgan fingerprint density at radius 3 is 2.03 bits per heavy atom. The van der Waals surface area contributed by atoms with Crippen LogP contribution in [0.15, 0.2) is 48.5 Å². The zero-order valence-corrected chi connectivity index (χ0v) is 17.8. The molecule has 2 aromatic carbocycles. The summed E-state index contributed by atoms with van der Waals surface area (Å²) in [7, 11) is 0. The summed E-state index contributed by atoms with van der Waals surface area (Å²) >= 11 is 0. The average molecular weight is 413 g/mol. The molecule has 30 heavy (non-hydrogen) atoms. The van der Waals surface area contributed by atoms with Crippen LogP contribution in [0.25, 0.3) is 0 Å². The highest BCUT2D eigenvalue weighted by molar-refractivity contribution is 6.01. The number of benzene rings is 2. The normalized spacial score (nSPS) is 11.4. The van der Waals surface area contributed by atoms with Gasteiger partial charge in [-0.15, -0.1) is 0 Å². The quantitative estimate of drug-likeness (QED) is 0.521. The molecule has 0 bridgehead atoms. The van der Waals surface area contributed by atoms with Gasteiger partial charge in [0.25, 0.3) is 11.8 Å². The summed E-state index contributed by atoms with van der Waals surface area (Å²) in [6, 6.07) is 14.3. The molecule has 2 amide bonds. The Balaban J connectivity index is 1.99. The average Bonchev–Trinajstić information content (AvgIpc) is 2.70. The van der Waals surface area contributed by atoms with Crippen LogP contribution >= 0.6 is 0 Å². The Morgan fingerprint density at radius 1 is 0.867 bits per heavy atom. The maximum atomic E-state index is 12.6. The van der Waals surface area contributed by atoms with Crippen molar-refractivity contribution >= 4 is 29.2 Å². The van der Waals surface area contributed by atoms with Gasteiger partial charge < -0.3 is 20.3 Å². The number of carbonyl (C=O) groups excluding carboxylic acids is 3. The number of ether oxygens (including phenoxy) is 1. The van der Waals surface area contributed by atoms with Gasteiger partial charge in [0.2, 0.25) is 0 Å². The predicted octanol–water partition coefficient (Wildman–Crippen LogP) is 2.04. The number of para-hydroxylation sites is 2. The van der Waals surface area contributed by atoms with Crippen LogP contribution in [-0.4, -0.2) is 44.0 Å². The van der Waals surface area contributed by atoms with Crippen molar-refractivity contribution in [3.8, 4) is 0 Å². The van der Waals surface area contributed by atoms with E-state index in [-0.39, 0.29) is 31.5 Å². The van der Waals surface area contributed by atoms with Gasteiger partial charge >= 0.3 is 5.97 Å². The molecule has 0 saturated heterocycles. The molecule has 1 atom stereocenters. The number of hydrogen-bond acceptors (Lipinski definition) is 4.